The maximum Gasteiger partial charge on any atom is 0.256 e. The standard InChI is InChI=1S/C7H8BrNO2/c1-4-5(8)3-6(10)7(9-4)11-2/h3,10H,1-2H3. The highest BCUT2D eigenvalue weighted by Gasteiger charge is 2.05. The lowest BCUT2D eigenvalue weighted by Gasteiger charge is -2.03. The summed E-state index contributed by atoms with van der Waals surface area (Å²) in [5.41, 5.74) is 0.791. The second kappa shape index (κ2) is 3.09. The number of hydrogen-bond donors (Lipinski definition) is 1. The normalized spacial score (nSPS) is 9.73. The van der Waals surface area contributed by atoms with E-state index >= 15 is 0 Å². The van der Waals surface area contributed by atoms with Crippen LogP contribution in [0, 0.1) is 6.92 Å². The van der Waals surface area contributed by atoms with Gasteiger partial charge in [-0.1, -0.05) is 0 Å². The zero-order chi connectivity index (χ0) is 8.43. The molecule has 0 saturated heterocycles. The molecule has 0 radical (unpaired) electrons. The number of aromatic hydroxyl groups is 1. The van der Waals surface area contributed by atoms with Crippen LogP contribution in [-0.2, 0) is 0 Å². The molecule has 1 N–H and O–H groups in total. The first kappa shape index (κ1) is 8.33. The average molecular weight is 218 g/mol. The molecule has 0 unspecified atom stereocenters. The van der Waals surface area contributed by atoms with Crippen LogP contribution in [0.5, 0.6) is 11.6 Å². The minimum atomic E-state index is 0.0463. The Morgan fingerprint density at radius 2 is 2.27 bits per heavy atom. The van der Waals surface area contributed by atoms with Gasteiger partial charge in [0.25, 0.3) is 5.88 Å². The van der Waals surface area contributed by atoms with Crippen LogP contribution >= 0.6 is 15.9 Å². The zero-order valence-corrected chi connectivity index (χ0v) is 7.84. The molecule has 1 aromatic rings. The molecule has 60 valence electrons. The third kappa shape index (κ3) is 1.63. The van der Waals surface area contributed by atoms with Crippen molar-refractivity contribution < 1.29 is 9.84 Å². The number of aryl methyl sites for hydroxylation is 1. The van der Waals surface area contributed by atoms with Crippen molar-refractivity contribution in [1.29, 1.82) is 0 Å². The molecular weight excluding hydrogens is 210 g/mol. The van der Waals surface area contributed by atoms with Crippen molar-refractivity contribution in [3.05, 3.63) is 16.2 Å². The van der Waals surface area contributed by atoms with E-state index in [1.807, 2.05) is 6.92 Å². The van der Waals surface area contributed by atoms with Crippen LogP contribution in [0.2, 0.25) is 0 Å². The summed E-state index contributed by atoms with van der Waals surface area (Å²) in [5.74, 6) is 0.302. The Balaban J connectivity index is 3.21. The molecule has 1 heterocycles. The predicted molar refractivity (Wildman–Crippen MR) is 44.9 cm³/mol. The van der Waals surface area contributed by atoms with Gasteiger partial charge in [-0.25, -0.2) is 4.98 Å². The summed E-state index contributed by atoms with van der Waals surface area (Å²) in [6.45, 7) is 1.83. The first-order valence-electron chi connectivity index (χ1n) is 3.05. The van der Waals surface area contributed by atoms with E-state index in [-0.39, 0.29) is 11.6 Å². The van der Waals surface area contributed by atoms with Gasteiger partial charge in [0.15, 0.2) is 5.75 Å². The summed E-state index contributed by atoms with van der Waals surface area (Å²) < 4.78 is 5.57. The van der Waals surface area contributed by atoms with E-state index in [9.17, 15) is 5.11 Å². The summed E-state index contributed by atoms with van der Waals surface area (Å²) in [6.07, 6.45) is 0. The lowest BCUT2D eigenvalue weighted by atomic mass is 10.3. The van der Waals surface area contributed by atoms with Gasteiger partial charge in [-0.05, 0) is 22.9 Å². The van der Waals surface area contributed by atoms with Gasteiger partial charge in [-0.15, -0.1) is 0 Å². The lowest BCUT2D eigenvalue weighted by Crippen LogP contribution is -1.90. The predicted octanol–water partition coefficient (Wildman–Crippen LogP) is 1.87. The Morgan fingerprint density at radius 1 is 1.64 bits per heavy atom. The first-order valence-corrected chi connectivity index (χ1v) is 3.84. The Hall–Kier alpha value is -0.770. The maximum atomic E-state index is 9.20. The zero-order valence-electron chi connectivity index (χ0n) is 6.26. The smallest absolute Gasteiger partial charge is 0.256 e. The quantitative estimate of drug-likeness (QED) is 0.782. The van der Waals surface area contributed by atoms with Crippen molar-refractivity contribution in [2.45, 2.75) is 6.92 Å². The molecule has 0 aliphatic heterocycles. The van der Waals surface area contributed by atoms with Crippen LogP contribution in [0.3, 0.4) is 0 Å². The minimum Gasteiger partial charge on any atom is -0.503 e. The Kier molecular flexibility index (Phi) is 2.34. The molecule has 1 rings (SSSR count). The van der Waals surface area contributed by atoms with E-state index in [4.69, 9.17) is 4.74 Å². The lowest BCUT2D eigenvalue weighted by molar-refractivity contribution is 0.357. The molecule has 4 heteroatoms. The van der Waals surface area contributed by atoms with Gasteiger partial charge in [-0.3, -0.25) is 0 Å². The van der Waals surface area contributed by atoms with Crippen molar-refractivity contribution >= 4 is 15.9 Å². The van der Waals surface area contributed by atoms with Gasteiger partial charge in [0.05, 0.1) is 12.8 Å². The van der Waals surface area contributed by atoms with Crippen LogP contribution in [0.4, 0.5) is 0 Å². The van der Waals surface area contributed by atoms with Crippen LogP contribution < -0.4 is 4.74 Å². The van der Waals surface area contributed by atoms with Crippen LogP contribution in [0.25, 0.3) is 0 Å². The van der Waals surface area contributed by atoms with E-state index in [1.54, 1.807) is 6.07 Å². The number of rotatable bonds is 1. The molecular formula is C7H8BrNO2. The van der Waals surface area contributed by atoms with Gasteiger partial charge < -0.3 is 9.84 Å². The second-order valence-electron chi connectivity index (χ2n) is 2.08. The molecule has 0 saturated carbocycles. The Morgan fingerprint density at radius 3 is 2.82 bits per heavy atom. The molecule has 0 amide bonds. The third-order valence-electron chi connectivity index (χ3n) is 1.29. The highest BCUT2D eigenvalue weighted by molar-refractivity contribution is 9.10. The maximum absolute atomic E-state index is 9.20. The van der Waals surface area contributed by atoms with Crippen LogP contribution in [-0.4, -0.2) is 17.2 Å². The molecule has 1 aromatic heterocycles. The number of pyridine rings is 1. The van der Waals surface area contributed by atoms with Crippen LogP contribution in [0.1, 0.15) is 5.69 Å². The molecule has 0 aliphatic carbocycles. The summed E-state index contributed by atoms with van der Waals surface area (Å²) in [6, 6.07) is 1.56. The van der Waals surface area contributed by atoms with Gasteiger partial charge in [0.2, 0.25) is 0 Å². The van der Waals surface area contributed by atoms with E-state index in [1.165, 1.54) is 7.11 Å². The van der Waals surface area contributed by atoms with Gasteiger partial charge in [0.1, 0.15) is 0 Å². The van der Waals surface area contributed by atoms with E-state index in [0.29, 0.717) is 0 Å². The topological polar surface area (TPSA) is 42.4 Å². The third-order valence-corrected chi connectivity index (χ3v) is 2.09. The van der Waals surface area contributed by atoms with Crippen molar-refractivity contribution in [2.24, 2.45) is 0 Å². The van der Waals surface area contributed by atoms with Crippen molar-refractivity contribution in [1.82, 2.24) is 4.98 Å². The summed E-state index contributed by atoms with van der Waals surface area (Å²) >= 11 is 3.23. The molecule has 0 aromatic carbocycles. The summed E-state index contributed by atoms with van der Waals surface area (Å²) in [4.78, 5) is 3.97. The minimum absolute atomic E-state index is 0.0463. The summed E-state index contributed by atoms with van der Waals surface area (Å²) in [7, 11) is 1.47. The fourth-order valence-electron chi connectivity index (χ4n) is 0.699. The van der Waals surface area contributed by atoms with E-state index in [2.05, 4.69) is 20.9 Å². The number of nitrogens with zero attached hydrogens (tertiary/aromatic N) is 1. The first-order chi connectivity index (χ1) is 5.15. The number of hydrogen-bond acceptors (Lipinski definition) is 3. The molecule has 3 nitrogen and oxygen atoms in total. The highest BCUT2D eigenvalue weighted by atomic mass is 79.9. The van der Waals surface area contributed by atoms with Gasteiger partial charge in [0, 0.05) is 10.5 Å². The number of methoxy groups -OCH3 is 1. The highest BCUT2D eigenvalue weighted by Crippen LogP contribution is 2.28. The van der Waals surface area contributed by atoms with Crippen molar-refractivity contribution in [3.8, 4) is 11.6 Å². The van der Waals surface area contributed by atoms with Gasteiger partial charge in [-0.2, -0.15) is 0 Å². The molecule has 0 aliphatic rings. The fraction of sp³-hybridized carbons (Fsp3) is 0.286. The Bertz CT molecular complexity index is 275. The fourth-order valence-corrected chi connectivity index (χ4v) is 1.00. The van der Waals surface area contributed by atoms with E-state index in [0.717, 1.165) is 10.2 Å². The second-order valence-corrected chi connectivity index (χ2v) is 2.94. The number of ether oxygens (including phenoxy) is 1. The number of aromatic nitrogens is 1. The van der Waals surface area contributed by atoms with Crippen LogP contribution in [0.15, 0.2) is 10.5 Å². The molecule has 0 bridgehead atoms. The Labute approximate surface area is 73.2 Å². The van der Waals surface area contributed by atoms with E-state index < -0.39 is 0 Å². The SMILES string of the molecule is COc1nc(C)c(Br)cc1O. The molecule has 11 heavy (non-hydrogen) atoms. The molecule has 0 atom stereocenters. The number of halogens is 1. The molecule has 0 fully saturated rings. The monoisotopic (exact) mass is 217 g/mol. The molecule has 0 spiro atoms. The van der Waals surface area contributed by atoms with Crippen molar-refractivity contribution in [2.75, 3.05) is 7.11 Å². The average Bonchev–Trinajstić information content (AvgIpc) is 1.97. The van der Waals surface area contributed by atoms with Gasteiger partial charge >= 0.3 is 0 Å². The summed E-state index contributed by atoms with van der Waals surface area (Å²) in [5, 5.41) is 9.20. The van der Waals surface area contributed by atoms with Crippen molar-refractivity contribution in [3.63, 3.8) is 0 Å². The largest absolute Gasteiger partial charge is 0.503 e.